The maximum atomic E-state index is 14.3. The molecule has 1 saturated carbocycles. The van der Waals surface area contributed by atoms with Crippen molar-refractivity contribution in [2.75, 3.05) is 56.2 Å². The molecule has 8 heterocycles. The molecule has 0 spiro atoms. The van der Waals surface area contributed by atoms with Gasteiger partial charge in [0.1, 0.15) is 23.8 Å². The zero-order chi connectivity index (χ0) is 42.5. The third kappa shape index (κ3) is 7.95. The highest BCUT2D eigenvalue weighted by atomic mass is 19.3. The Hall–Kier alpha value is -5.34. The van der Waals surface area contributed by atoms with Crippen LogP contribution in [0.1, 0.15) is 97.7 Å². The van der Waals surface area contributed by atoms with Crippen LogP contribution in [0.3, 0.4) is 0 Å². The fraction of sp³-hybridized carbons (Fsp3) is 0.535. The molecule has 6 aromatic rings. The number of aryl methyl sites for hydroxylation is 1. The zero-order valence-corrected chi connectivity index (χ0v) is 34.7. The number of hydrogen-bond donors (Lipinski definition) is 4. The molecule has 4 fully saturated rings. The van der Waals surface area contributed by atoms with E-state index in [1.807, 2.05) is 36.0 Å². The quantitative estimate of drug-likeness (QED) is 0.143. The third-order valence-electron chi connectivity index (χ3n) is 13.4. The molecule has 5 aromatic heterocycles. The van der Waals surface area contributed by atoms with Crippen molar-refractivity contribution in [1.82, 2.24) is 54.2 Å². The molecule has 328 valence electrons. The second-order valence-corrected chi connectivity index (χ2v) is 17.3. The Bertz CT molecular complexity index is 2530. The number of likely N-dealkylation sites (tertiary alicyclic amines) is 1. The molecule has 1 aliphatic carbocycles. The summed E-state index contributed by atoms with van der Waals surface area (Å²) in [6, 6.07) is 7.99. The third-order valence-corrected chi connectivity index (χ3v) is 13.4. The number of amides is 1. The molecule has 19 heteroatoms. The summed E-state index contributed by atoms with van der Waals surface area (Å²) in [6.07, 6.45) is 11.3. The minimum atomic E-state index is -2.86. The molecular formula is C43H53F2N13O4. The number of nitrogens with one attached hydrogen (secondary N) is 2. The summed E-state index contributed by atoms with van der Waals surface area (Å²) in [5.41, 5.74) is 4.03. The minimum absolute atomic E-state index is 0.00385. The molecule has 10 rings (SSSR count). The molecule has 1 aromatic carbocycles. The number of aliphatic hydroxyl groups is 2. The van der Waals surface area contributed by atoms with Gasteiger partial charge in [-0.1, -0.05) is 12.1 Å². The number of fused-ring (bicyclic) bond motifs is 2. The maximum absolute atomic E-state index is 14.3. The summed E-state index contributed by atoms with van der Waals surface area (Å²) in [6.45, 7) is 7.23. The number of piperidine rings is 2. The fourth-order valence-electron chi connectivity index (χ4n) is 10.0. The van der Waals surface area contributed by atoms with E-state index in [1.165, 1.54) is 10.7 Å². The Morgan fingerprint density at radius 1 is 0.919 bits per heavy atom. The summed E-state index contributed by atoms with van der Waals surface area (Å²) in [5, 5.41) is 45.5. The Balaban J connectivity index is 0.734. The Kier molecular flexibility index (Phi) is 11.2. The lowest BCUT2D eigenvalue weighted by atomic mass is 9.85. The second-order valence-electron chi connectivity index (χ2n) is 17.3. The molecule has 1 amide bonds. The lowest BCUT2D eigenvalue weighted by molar-refractivity contribution is -0.0297. The van der Waals surface area contributed by atoms with Gasteiger partial charge in [0.15, 0.2) is 11.3 Å². The first-order valence-corrected chi connectivity index (χ1v) is 21.9. The number of aromatic nitrogens is 9. The van der Waals surface area contributed by atoms with Gasteiger partial charge in [0.25, 0.3) is 12.3 Å². The summed E-state index contributed by atoms with van der Waals surface area (Å²) in [4.78, 5) is 22.7. The molecule has 0 radical (unpaired) electrons. The number of nitrogens with zero attached hydrogens (tertiary/aromatic N) is 11. The summed E-state index contributed by atoms with van der Waals surface area (Å²) in [5.74, 6) is 0.701. The molecule has 17 nitrogen and oxygen atoms in total. The van der Waals surface area contributed by atoms with Gasteiger partial charge < -0.3 is 30.1 Å². The normalized spacial score (nSPS) is 24.4. The first-order valence-electron chi connectivity index (χ1n) is 21.9. The number of anilines is 2. The van der Waals surface area contributed by atoms with Crippen LogP contribution < -0.4 is 15.5 Å². The van der Waals surface area contributed by atoms with Gasteiger partial charge in [-0.05, 0) is 81.9 Å². The predicted octanol–water partition coefficient (Wildman–Crippen LogP) is 5.10. The molecule has 3 saturated heterocycles. The van der Waals surface area contributed by atoms with Gasteiger partial charge in [0, 0.05) is 62.3 Å². The van der Waals surface area contributed by atoms with Crippen molar-refractivity contribution in [1.29, 1.82) is 0 Å². The summed E-state index contributed by atoms with van der Waals surface area (Å²) < 4.78 is 41.2. The molecule has 0 bridgehead atoms. The van der Waals surface area contributed by atoms with E-state index in [4.69, 9.17) is 14.9 Å². The van der Waals surface area contributed by atoms with Crippen molar-refractivity contribution in [3.8, 4) is 11.1 Å². The zero-order valence-electron chi connectivity index (χ0n) is 34.7. The predicted molar refractivity (Wildman–Crippen MR) is 226 cm³/mol. The molecular weight excluding hydrogens is 801 g/mol. The first kappa shape index (κ1) is 40.7. The van der Waals surface area contributed by atoms with Crippen LogP contribution in [0.4, 0.5) is 20.3 Å². The summed E-state index contributed by atoms with van der Waals surface area (Å²) >= 11 is 0. The van der Waals surface area contributed by atoms with Gasteiger partial charge >= 0.3 is 0 Å². The van der Waals surface area contributed by atoms with Gasteiger partial charge in [0.05, 0.1) is 60.6 Å². The highest BCUT2D eigenvalue weighted by Crippen LogP contribution is 2.38. The Morgan fingerprint density at radius 3 is 2.48 bits per heavy atom. The number of carbonyl (C=O) groups excluding carboxylic acids is 1. The van der Waals surface area contributed by atoms with E-state index >= 15 is 0 Å². The smallest absolute Gasteiger partial charge is 0.284 e. The topological polar surface area (TPSA) is 181 Å². The SMILES string of the molecule is Cc1nn([C@@H]2CC[C@@H](O)N[C@@H]2O)c2cccc(-c3cnn(C4CCC(CN5CCC(n6cc(NC(=O)c7cnn8ccc(N9CCOCC9)nc78)c(C(F)F)n6)CC5)CC4)c3)c12. The van der Waals surface area contributed by atoms with Crippen LogP contribution >= 0.6 is 0 Å². The first-order chi connectivity index (χ1) is 30.2. The Morgan fingerprint density at radius 2 is 1.71 bits per heavy atom. The fourth-order valence-corrected chi connectivity index (χ4v) is 10.0. The molecule has 3 aliphatic heterocycles. The van der Waals surface area contributed by atoms with Crippen LogP contribution in [-0.2, 0) is 4.74 Å². The lowest BCUT2D eigenvalue weighted by Crippen LogP contribution is -2.48. The number of carbonyl (C=O) groups is 1. The van der Waals surface area contributed by atoms with Crippen molar-refractivity contribution >= 4 is 34.0 Å². The number of hydrogen-bond acceptors (Lipinski definition) is 12. The molecule has 3 atom stereocenters. The highest BCUT2D eigenvalue weighted by molar-refractivity contribution is 6.08. The number of benzene rings is 1. The van der Waals surface area contributed by atoms with Crippen molar-refractivity contribution in [3.63, 3.8) is 0 Å². The largest absolute Gasteiger partial charge is 0.379 e. The average Bonchev–Trinajstić information content (AvgIpc) is 4.10. The average molecular weight is 854 g/mol. The second kappa shape index (κ2) is 17.1. The van der Waals surface area contributed by atoms with Gasteiger partial charge in [-0.15, -0.1) is 0 Å². The standard InChI is InChI=1S/C43H53F2N13O4/c1-26-38-31(3-2-4-34(38)58(51-26)35-9-10-37(59)50-43(35)61)28-21-46-56(24-28)29-7-5-27(6-8-29)23-53-14-11-30(12-15-53)57-25-33(39(52-57)40(44)45)48-42(60)32-22-47-55-16-13-36(49-41(32)55)54-17-19-62-20-18-54/h2-4,13,16,21-22,24-25,27,29-30,35,37,40,43,50,59,61H,5-12,14-15,17-20,23H2,1H3,(H,48,60)/t27?,29?,35-,37-,43-/m1/s1. The van der Waals surface area contributed by atoms with Crippen LogP contribution in [0, 0.1) is 12.8 Å². The van der Waals surface area contributed by atoms with E-state index in [0.717, 1.165) is 85.9 Å². The highest BCUT2D eigenvalue weighted by Gasteiger charge is 2.33. The van der Waals surface area contributed by atoms with Crippen LogP contribution in [0.25, 0.3) is 27.7 Å². The molecule has 0 unspecified atom stereocenters. The number of halogens is 2. The maximum Gasteiger partial charge on any atom is 0.284 e. The van der Waals surface area contributed by atoms with Crippen molar-refractivity contribution in [2.45, 2.75) is 95.3 Å². The van der Waals surface area contributed by atoms with E-state index in [9.17, 15) is 23.8 Å². The van der Waals surface area contributed by atoms with E-state index in [2.05, 4.69) is 52.6 Å². The monoisotopic (exact) mass is 853 g/mol. The van der Waals surface area contributed by atoms with Crippen molar-refractivity contribution in [2.24, 2.45) is 5.92 Å². The van der Waals surface area contributed by atoms with Crippen LogP contribution in [0.2, 0.25) is 0 Å². The number of rotatable bonds is 10. The number of aliphatic hydroxyl groups excluding tert-OH is 2. The van der Waals surface area contributed by atoms with Crippen LogP contribution in [0.5, 0.6) is 0 Å². The van der Waals surface area contributed by atoms with Crippen molar-refractivity contribution in [3.05, 3.63) is 72.2 Å². The lowest BCUT2D eigenvalue weighted by Gasteiger charge is -2.36. The van der Waals surface area contributed by atoms with Crippen LogP contribution in [-0.4, -0.2) is 123 Å². The van der Waals surface area contributed by atoms with Crippen LogP contribution in [0.15, 0.2) is 55.2 Å². The van der Waals surface area contributed by atoms with Crippen molar-refractivity contribution < 1.29 is 28.5 Å². The number of alkyl halides is 2. The van der Waals surface area contributed by atoms with Gasteiger partial charge in [-0.3, -0.25) is 24.2 Å². The van der Waals surface area contributed by atoms with Gasteiger partial charge in [-0.25, -0.2) is 18.3 Å². The van der Waals surface area contributed by atoms with E-state index in [-0.39, 0.29) is 23.3 Å². The van der Waals surface area contributed by atoms with Gasteiger partial charge in [-0.2, -0.15) is 20.4 Å². The molecule has 4 N–H and O–H groups in total. The molecule has 62 heavy (non-hydrogen) atoms. The van der Waals surface area contributed by atoms with E-state index in [1.54, 1.807) is 17.1 Å². The Labute approximate surface area is 356 Å². The number of morpholine rings is 1. The minimum Gasteiger partial charge on any atom is -0.379 e. The molecule has 4 aliphatic rings. The van der Waals surface area contributed by atoms with E-state index < -0.39 is 30.5 Å². The van der Waals surface area contributed by atoms with E-state index in [0.29, 0.717) is 62.6 Å². The summed E-state index contributed by atoms with van der Waals surface area (Å²) in [7, 11) is 0. The number of ether oxygens (including phenoxy) is 1. The van der Waals surface area contributed by atoms with Gasteiger partial charge in [0.2, 0.25) is 0 Å².